The van der Waals surface area contributed by atoms with Gasteiger partial charge in [0.15, 0.2) is 0 Å². The van der Waals surface area contributed by atoms with Gasteiger partial charge in [0.1, 0.15) is 0 Å². The van der Waals surface area contributed by atoms with Gasteiger partial charge in [-0.3, -0.25) is 14.4 Å². The number of hydrogen-bond donors (Lipinski definition) is 2. The molecule has 6 nitrogen and oxygen atoms in total. The monoisotopic (exact) mass is 431 g/mol. The number of carbonyl (C=O) groups excluding carboxylic acids is 3. The Bertz CT molecular complexity index is 850. The molecule has 0 atom stereocenters. The van der Waals surface area contributed by atoms with Crippen molar-refractivity contribution in [3.8, 4) is 0 Å². The fourth-order valence-corrected chi connectivity index (χ4v) is 2.95. The third kappa shape index (κ3) is 6.53. The maximum Gasteiger partial charge on any atom is 0.243 e. The first kappa shape index (κ1) is 20.6. The lowest BCUT2D eigenvalue weighted by molar-refractivity contribution is -0.132. The van der Waals surface area contributed by atoms with Crippen LogP contribution in [0.4, 0.5) is 11.4 Å². The fraction of sp³-hybridized carbons (Fsp3) is 0.250. The highest BCUT2D eigenvalue weighted by atomic mass is 79.9. The van der Waals surface area contributed by atoms with E-state index in [0.29, 0.717) is 5.69 Å². The van der Waals surface area contributed by atoms with Crippen LogP contribution in [0.3, 0.4) is 0 Å². The smallest absolute Gasteiger partial charge is 0.243 e. The molecule has 2 aromatic rings. The average molecular weight is 432 g/mol. The predicted molar refractivity (Wildman–Crippen MR) is 110 cm³/mol. The van der Waals surface area contributed by atoms with Gasteiger partial charge in [0.2, 0.25) is 17.7 Å². The van der Waals surface area contributed by atoms with Crippen LogP contribution in [0.5, 0.6) is 0 Å². The molecule has 2 N–H and O–H groups in total. The Morgan fingerprint density at radius 3 is 2.30 bits per heavy atom. The van der Waals surface area contributed by atoms with Crippen molar-refractivity contribution in [1.82, 2.24) is 4.90 Å². The Morgan fingerprint density at radius 2 is 1.70 bits per heavy atom. The molecule has 0 saturated carbocycles. The maximum absolute atomic E-state index is 12.3. The first-order valence-corrected chi connectivity index (χ1v) is 9.20. The molecular formula is C20H22BrN3O3. The molecule has 2 aromatic carbocycles. The number of amides is 3. The van der Waals surface area contributed by atoms with Crippen molar-refractivity contribution in [3.63, 3.8) is 0 Å². The summed E-state index contributed by atoms with van der Waals surface area (Å²) in [4.78, 5) is 37.0. The normalized spacial score (nSPS) is 10.2. The van der Waals surface area contributed by atoms with Crippen LogP contribution < -0.4 is 10.6 Å². The fourth-order valence-electron chi connectivity index (χ4n) is 2.48. The van der Waals surface area contributed by atoms with Crippen molar-refractivity contribution < 1.29 is 14.4 Å². The van der Waals surface area contributed by atoms with Gasteiger partial charge in [0, 0.05) is 29.8 Å². The van der Waals surface area contributed by atoms with E-state index in [1.54, 1.807) is 31.3 Å². The number of rotatable bonds is 6. The maximum atomic E-state index is 12.3. The second-order valence-electron chi connectivity index (χ2n) is 6.31. The molecular weight excluding hydrogens is 410 g/mol. The lowest BCUT2D eigenvalue weighted by atomic mass is 10.1. The minimum atomic E-state index is -0.253. The van der Waals surface area contributed by atoms with E-state index in [0.717, 1.165) is 21.3 Å². The Morgan fingerprint density at radius 1 is 1.04 bits per heavy atom. The third-order valence-corrected chi connectivity index (χ3v) is 4.39. The van der Waals surface area contributed by atoms with Crippen LogP contribution >= 0.6 is 15.9 Å². The van der Waals surface area contributed by atoms with E-state index in [2.05, 4.69) is 26.6 Å². The van der Waals surface area contributed by atoms with Crippen LogP contribution in [-0.2, 0) is 20.8 Å². The summed E-state index contributed by atoms with van der Waals surface area (Å²) in [5.41, 5.74) is 3.14. The molecule has 0 aliphatic heterocycles. The number of likely N-dealkylation sites (N-methyl/N-ethyl adjacent to an activating group) is 1. The quantitative estimate of drug-likeness (QED) is 0.735. The summed E-state index contributed by atoms with van der Waals surface area (Å²) in [6.45, 7) is 3.31. The third-order valence-electron chi connectivity index (χ3n) is 3.90. The van der Waals surface area contributed by atoms with E-state index in [-0.39, 0.29) is 30.7 Å². The van der Waals surface area contributed by atoms with E-state index in [1.807, 2.05) is 25.1 Å². The first-order chi connectivity index (χ1) is 12.7. The summed E-state index contributed by atoms with van der Waals surface area (Å²) < 4.78 is 0.940. The van der Waals surface area contributed by atoms with Crippen molar-refractivity contribution in [2.24, 2.45) is 0 Å². The number of nitrogens with zero attached hydrogens (tertiary/aromatic N) is 1. The van der Waals surface area contributed by atoms with Crippen molar-refractivity contribution >= 4 is 45.0 Å². The lowest BCUT2D eigenvalue weighted by Gasteiger charge is -2.17. The molecule has 0 bridgehead atoms. The molecule has 0 fully saturated rings. The highest BCUT2D eigenvalue weighted by Crippen LogP contribution is 2.20. The first-order valence-electron chi connectivity index (χ1n) is 8.41. The lowest BCUT2D eigenvalue weighted by Crippen LogP contribution is -2.35. The zero-order chi connectivity index (χ0) is 20.0. The predicted octanol–water partition coefficient (Wildman–Crippen LogP) is 3.36. The highest BCUT2D eigenvalue weighted by molar-refractivity contribution is 9.10. The van der Waals surface area contributed by atoms with Crippen LogP contribution in [0.2, 0.25) is 0 Å². The summed E-state index contributed by atoms with van der Waals surface area (Å²) in [5.74, 6) is -0.562. The summed E-state index contributed by atoms with van der Waals surface area (Å²) in [7, 11) is 1.60. The molecule has 142 valence electrons. The number of nitrogens with one attached hydrogen (secondary N) is 2. The molecule has 7 heteroatoms. The molecule has 0 unspecified atom stereocenters. The summed E-state index contributed by atoms with van der Waals surface area (Å²) in [5, 5.41) is 5.49. The Balaban J connectivity index is 1.89. The zero-order valence-electron chi connectivity index (χ0n) is 15.5. The topological polar surface area (TPSA) is 78.5 Å². The van der Waals surface area contributed by atoms with E-state index in [9.17, 15) is 14.4 Å². The van der Waals surface area contributed by atoms with Crippen molar-refractivity contribution in [2.75, 3.05) is 24.2 Å². The summed E-state index contributed by atoms with van der Waals surface area (Å²) in [6, 6.07) is 12.6. The average Bonchev–Trinajstić information content (AvgIpc) is 2.58. The Labute approximate surface area is 167 Å². The number of halogens is 1. The summed E-state index contributed by atoms with van der Waals surface area (Å²) >= 11 is 3.38. The van der Waals surface area contributed by atoms with Crippen molar-refractivity contribution in [3.05, 3.63) is 58.1 Å². The molecule has 27 heavy (non-hydrogen) atoms. The highest BCUT2D eigenvalue weighted by Gasteiger charge is 2.14. The van der Waals surface area contributed by atoms with Gasteiger partial charge in [-0.2, -0.15) is 0 Å². The van der Waals surface area contributed by atoms with Gasteiger partial charge in [-0.1, -0.05) is 28.1 Å². The van der Waals surface area contributed by atoms with Gasteiger partial charge in [-0.15, -0.1) is 0 Å². The van der Waals surface area contributed by atoms with E-state index in [4.69, 9.17) is 0 Å². The molecule has 3 amide bonds. The Hall–Kier alpha value is -2.67. The van der Waals surface area contributed by atoms with Gasteiger partial charge in [0.05, 0.1) is 13.0 Å². The van der Waals surface area contributed by atoms with Gasteiger partial charge < -0.3 is 15.5 Å². The second-order valence-corrected chi connectivity index (χ2v) is 7.23. The number of anilines is 2. The molecule has 2 rings (SSSR count). The van der Waals surface area contributed by atoms with E-state index >= 15 is 0 Å². The minimum Gasteiger partial charge on any atom is -0.336 e. The molecule has 0 heterocycles. The van der Waals surface area contributed by atoms with E-state index < -0.39 is 0 Å². The molecule has 0 radical (unpaired) electrons. The van der Waals surface area contributed by atoms with Crippen molar-refractivity contribution in [1.29, 1.82) is 0 Å². The molecule has 0 aromatic heterocycles. The SMILES string of the molecule is CC(=O)Nc1ccc(CC(=O)N(C)CC(=O)Nc2ccc(Br)cc2C)cc1. The largest absolute Gasteiger partial charge is 0.336 e. The van der Waals surface area contributed by atoms with Crippen LogP contribution in [0.1, 0.15) is 18.1 Å². The van der Waals surface area contributed by atoms with Crippen LogP contribution in [-0.4, -0.2) is 36.2 Å². The van der Waals surface area contributed by atoms with Gasteiger partial charge in [-0.25, -0.2) is 0 Å². The standard InChI is InChI=1S/C20H22BrN3O3/c1-13-10-16(21)6-9-18(13)23-19(26)12-24(3)20(27)11-15-4-7-17(8-5-15)22-14(2)25/h4-10H,11-12H2,1-3H3,(H,22,25)(H,23,26). The number of hydrogen-bond acceptors (Lipinski definition) is 3. The van der Waals surface area contributed by atoms with Gasteiger partial charge in [-0.05, 0) is 48.4 Å². The van der Waals surface area contributed by atoms with Gasteiger partial charge in [0.25, 0.3) is 0 Å². The number of aryl methyl sites for hydroxylation is 1. The second kappa shape index (κ2) is 9.32. The van der Waals surface area contributed by atoms with Crippen LogP contribution in [0, 0.1) is 6.92 Å². The summed E-state index contributed by atoms with van der Waals surface area (Å²) in [6.07, 6.45) is 0.182. The minimum absolute atomic E-state index is 0.0295. The van der Waals surface area contributed by atoms with Crippen LogP contribution in [0.25, 0.3) is 0 Å². The molecule has 0 aliphatic carbocycles. The number of benzene rings is 2. The number of carbonyl (C=O) groups is 3. The van der Waals surface area contributed by atoms with Gasteiger partial charge >= 0.3 is 0 Å². The molecule has 0 saturated heterocycles. The zero-order valence-corrected chi connectivity index (χ0v) is 17.1. The van der Waals surface area contributed by atoms with E-state index in [1.165, 1.54) is 11.8 Å². The molecule has 0 aliphatic rings. The molecule has 0 spiro atoms. The van der Waals surface area contributed by atoms with Crippen molar-refractivity contribution in [2.45, 2.75) is 20.3 Å². The van der Waals surface area contributed by atoms with Crippen LogP contribution in [0.15, 0.2) is 46.9 Å². The Kier molecular flexibility index (Phi) is 7.12.